The zero-order chi connectivity index (χ0) is 13.7. The standard InChI is InChI=1S/C11H9N5O3/c17-9-4-8(14-11(19)15-9)6-13-16-10(18)7-2-1-3-12-5-7/h1-6H,(H,16,18)(H2,14,15,17,19)/b13-6-. The highest BCUT2D eigenvalue weighted by Crippen LogP contribution is 1.94. The fraction of sp³-hybridized carbons (Fsp3) is 0. The Hall–Kier alpha value is -3.03. The van der Waals surface area contributed by atoms with Crippen LogP contribution in [-0.2, 0) is 0 Å². The summed E-state index contributed by atoms with van der Waals surface area (Å²) in [6.07, 6.45) is 4.09. The number of carbonyl (C=O) groups is 1. The van der Waals surface area contributed by atoms with Crippen LogP contribution in [0.25, 0.3) is 0 Å². The molecule has 0 bridgehead atoms. The molecule has 0 spiro atoms. The van der Waals surface area contributed by atoms with E-state index in [1.54, 1.807) is 18.3 Å². The second-order valence-corrected chi connectivity index (χ2v) is 3.48. The molecule has 0 radical (unpaired) electrons. The lowest BCUT2D eigenvalue weighted by Crippen LogP contribution is -2.23. The van der Waals surface area contributed by atoms with E-state index >= 15 is 0 Å². The average molecular weight is 259 g/mol. The van der Waals surface area contributed by atoms with Crippen LogP contribution in [0.5, 0.6) is 0 Å². The summed E-state index contributed by atoms with van der Waals surface area (Å²) in [5.74, 6) is -0.448. The lowest BCUT2D eigenvalue weighted by molar-refractivity contribution is 0.0955. The number of hydrazone groups is 1. The van der Waals surface area contributed by atoms with Gasteiger partial charge in [-0.25, -0.2) is 10.2 Å². The van der Waals surface area contributed by atoms with Crippen LogP contribution in [0.15, 0.2) is 45.3 Å². The highest BCUT2D eigenvalue weighted by molar-refractivity contribution is 5.94. The van der Waals surface area contributed by atoms with Gasteiger partial charge >= 0.3 is 5.69 Å². The van der Waals surface area contributed by atoms with E-state index in [4.69, 9.17) is 0 Å². The highest BCUT2D eigenvalue weighted by Gasteiger charge is 2.02. The first-order valence-electron chi connectivity index (χ1n) is 5.22. The maximum absolute atomic E-state index is 11.6. The summed E-state index contributed by atoms with van der Waals surface area (Å²) < 4.78 is 0. The third-order valence-electron chi connectivity index (χ3n) is 2.07. The van der Waals surface area contributed by atoms with E-state index < -0.39 is 17.2 Å². The van der Waals surface area contributed by atoms with Crippen molar-refractivity contribution < 1.29 is 4.79 Å². The number of H-pyrrole nitrogens is 2. The minimum absolute atomic E-state index is 0.181. The summed E-state index contributed by atoms with van der Waals surface area (Å²) >= 11 is 0. The molecule has 0 aliphatic rings. The van der Waals surface area contributed by atoms with Gasteiger partial charge < -0.3 is 4.98 Å². The summed E-state index contributed by atoms with van der Waals surface area (Å²) in [5.41, 5.74) is 1.57. The number of amides is 1. The van der Waals surface area contributed by atoms with Crippen LogP contribution in [0.2, 0.25) is 0 Å². The lowest BCUT2D eigenvalue weighted by atomic mass is 10.3. The van der Waals surface area contributed by atoms with Crippen molar-refractivity contribution in [2.24, 2.45) is 5.10 Å². The first kappa shape index (κ1) is 12.4. The molecule has 0 aliphatic heterocycles. The van der Waals surface area contributed by atoms with Gasteiger partial charge in [0.25, 0.3) is 11.5 Å². The van der Waals surface area contributed by atoms with Crippen LogP contribution in [0.1, 0.15) is 16.1 Å². The predicted molar refractivity (Wildman–Crippen MR) is 67.0 cm³/mol. The van der Waals surface area contributed by atoms with Crippen molar-refractivity contribution in [1.82, 2.24) is 20.4 Å². The number of carbonyl (C=O) groups excluding carboxylic acids is 1. The largest absolute Gasteiger partial charge is 0.326 e. The monoisotopic (exact) mass is 259 g/mol. The topological polar surface area (TPSA) is 120 Å². The van der Waals surface area contributed by atoms with E-state index in [1.165, 1.54) is 6.20 Å². The fourth-order valence-corrected chi connectivity index (χ4v) is 1.28. The number of hydrogen-bond acceptors (Lipinski definition) is 5. The summed E-state index contributed by atoms with van der Waals surface area (Å²) in [5, 5.41) is 3.62. The van der Waals surface area contributed by atoms with Crippen molar-refractivity contribution in [2.75, 3.05) is 0 Å². The highest BCUT2D eigenvalue weighted by atomic mass is 16.2. The summed E-state index contributed by atoms with van der Waals surface area (Å²) in [4.78, 5) is 41.7. The quantitative estimate of drug-likeness (QED) is 0.494. The lowest BCUT2D eigenvalue weighted by Gasteiger charge is -1.97. The Balaban J connectivity index is 2.06. The second-order valence-electron chi connectivity index (χ2n) is 3.48. The van der Waals surface area contributed by atoms with E-state index in [1.807, 2.05) is 4.98 Å². The smallest absolute Gasteiger partial charge is 0.306 e. The van der Waals surface area contributed by atoms with Gasteiger partial charge in [0.1, 0.15) is 0 Å². The van der Waals surface area contributed by atoms with Crippen molar-refractivity contribution in [3.8, 4) is 0 Å². The minimum Gasteiger partial charge on any atom is -0.306 e. The number of rotatable bonds is 3. The third kappa shape index (κ3) is 3.46. The zero-order valence-electron chi connectivity index (χ0n) is 9.58. The van der Waals surface area contributed by atoms with Crippen molar-refractivity contribution in [3.63, 3.8) is 0 Å². The van der Waals surface area contributed by atoms with Crippen LogP contribution in [0, 0.1) is 0 Å². The number of hydrogen-bond donors (Lipinski definition) is 3. The normalized spacial score (nSPS) is 10.5. The molecule has 0 aliphatic carbocycles. The molecule has 0 atom stereocenters. The second kappa shape index (κ2) is 5.54. The molecule has 8 heteroatoms. The maximum atomic E-state index is 11.6. The van der Waals surface area contributed by atoms with Crippen LogP contribution in [0.4, 0.5) is 0 Å². The summed E-state index contributed by atoms with van der Waals surface area (Å²) in [7, 11) is 0. The first-order chi connectivity index (χ1) is 9.15. The first-order valence-corrected chi connectivity index (χ1v) is 5.22. The van der Waals surface area contributed by atoms with Gasteiger partial charge in [-0.1, -0.05) is 0 Å². The Morgan fingerprint density at radius 2 is 2.21 bits per heavy atom. The third-order valence-corrected chi connectivity index (χ3v) is 2.07. The molecule has 0 aromatic carbocycles. The van der Waals surface area contributed by atoms with Crippen LogP contribution < -0.4 is 16.7 Å². The number of aromatic amines is 2. The Morgan fingerprint density at radius 3 is 2.89 bits per heavy atom. The number of aromatic nitrogens is 3. The van der Waals surface area contributed by atoms with Gasteiger partial charge in [0.05, 0.1) is 17.5 Å². The van der Waals surface area contributed by atoms with Gasteiger partial charge in [0.2, 0.25) is 0 Å². The molecule has 0 unspecified atom stereocenters. The summed E-state index contributed by atoms with van der Waals surface area (Å²) in [6.45, 7) is 0. The zero-order valence-corrected chi connectivity index (χ0v) is 9.58. The molecule has 1 amide bonds. The molecular formula is C11H9N5O3. The van der Waals surface area contributed by atoms with Crippen LogP contribution >= 0.6 is 0 Å². The predicted octanol–water partition coefficient (Wildman–Crippen LogP) is -0.778. The molecule has 0 fully saturated rings. The number of nitrogens with zero attached hydrogens (tertiary/aromatic N) is 2. The van der Waals surface area contributed by atoms with Crippen molar-refractivity contribution in [1.29, 1.82) is 0 Å². The van der Waals surface area contributed by atoms with E-state index in [-0.39, 0.29) is 5.69 Å². The molecule has 2 aromatic rings. The fourth-order valence-electron chi connectivity index (χ4n) is 1.28. The Bertz CT molecular complexity index is 689. The average Bonchev–Trinajstić information content (AvgIpc) is 2.38. The van der Waals surface area contributed by atoms with E-state index in [9.17, 15) is 14.4 Å². The number of pyridine rings is 1. The molecule has 3 N–H and O–H groups in total. The van der Waals surface area contributed by atoms with E-state index in [0.717, 1.165) is 12.3 Å². The van der Waals surface area contributed by atoms with Gasteiger partial charge in [-0.05, 0) is 12.1 Å². The van der Waals surface area contributed by atoms with E-state index in [0.29, 0.717) is 5.56 Å². The minimum atomic E-state index is -0.646. The Morgan fingerprint density at radius 1 is 1.37 bits per heavy atom. The number of nitrogens with one attached hydrogen (secondary N) is 3. The van der Waals surface area contributed by atoms with Crippen molar-refractivity contribution >= 4 is 12.1 Å². The van der Waals surface area contributed by atoms with Gasteiger partial charge in [0, 0.05) is 18.5 Å². The Kier molecular flexibility index (Phi) is 3.62. The molecule has 8 nitrogen and oxygen atoms in total. The molecule has 19 heavy (non-hydrogen) atoms. The molecular weight excluding hydrogens is 250 g/mol. The van der Waals surface area contributed by atoms with Gasteiger partial charge in [-0.15, -0.1) is 0 Å². The maximum Gasteiger partial charge on any atom is 0.326 e. The Labute approximate surface area is 106 Å². The molecule has 2 rings (SSSR count). The molecule has 0 saturated heterocycles. The molecule has 0 saturated carbocycles. The van der Waals surface area contributed by atoms with Crippen molar-refractivity contribution in [3.05, 3.63) is 62.7 Å². The van der Waals surface area contributed by atoms with Gasteiger partial charge in [0.15, 0.2) is 0 Å². The van der Waals surface area contributed by atoms with Crippen molar-refractivity contribution in [2.45, 2.75) is 0 Å². The van der Waals surface area contributed by atoms with Crippen LogP contribution in [0.3, 0.4) is 0 Å². The van der Waals surface area contributed by atoms with Crippen LogP contribution in [-0.4, -0.2) is 27.1 Å². The molecule has 2 heterocycles. The van der Waals surface area contributed by atoms with Gasteiger partial charge in [-0.3, -0.25) is 19.6 Å². The van der Waals surface area contributed by atoms with E-state index in [2.05, 4.69) is 20.5 Å². The summed E-state index contributed by atoms with van der Waals surface area (Å²) in [6, 6.07) is 4.33. The molecule has 96 valence electrons. The molecule has 2 aromatic heterocycles. The SMILES string of the molecule is O=C(N/N=C\c1cc(=O)[nH]c(=O)[nH]1)c1cccnc1. The van der Waals surface area contributed by atoms with Gasteiger partial charge in [-0.2, -0.15) is 5.10 Å².